The molecule has 0 bridgehead atoms. The zero-order chi connectivity index (χ0) is 34.1. The van der Waals surface area contributed by atoms with E-state index in [9.17, 15) is 18.0 Å². The van der Waals surface area contributed by atoms with E-state index in [0.717, 1.165) is 53.1 Å². The fourth-order valence-electron chi connectivity index (χ4n) is 6.14. The van der Waals surface area contributed by atoms with Gasteiger partial charge in [-0.25, -0.2) is 8.42 Å². The van der Waals surface area contributed by atoms with Gasteiger partial charge in [-0.15, -0.1) is 0 Å². The number of nitrogens with zero attached hydrogens (tertiary/aromatic N) is 2. The second-order valence-corrected chi connectivity index (χ2v) is 14.4. The maximum atomic E-state index is 14.5. The molecule has 2 amide bonds. The smallest absolute Gasteiger partial charge is 0.264 e. The van der Waals surface area contributed by atoms with Gasteiger partial charge in [0.1, 0.15) is 24.1 Å². The summed E-state index contributed by atoms with van der Waals surface area (Å²) >= 11 is 0. The number of sulfonamides is 1. The summed E-state index contributed by atoms with van der Waals surface area (Å²) in [7, 11) is -4.18. The van der Waals surface area contributed by atoms with Crippen LogP contribution in [0.15, 0.2) is 108 Å². The van der Waals surface area contributed by atoms with E-state index < -0.39 is 28.5 Å². The molecule has 1 saturated carbocycles. The van der Waals surface area contributed by atoms with E-state index in [1.807, 2.05) is 75.4 Å². The molecule has 0 aliphatic heterocycles. The van der Waals surface area contributed by atoms with E-state index >= 15 is 0 Å². The third kappa shape index (κ3) is 8.83. The number of carbonyl (C=O) groups is 2. The molecule has 1 atom stereocenters. The zero-order valence-corrected chi connectivity index (χ0v) is 28.8. The number of aryl methyl sites for hydroxylation is 2. The zero-order valence-electron chi connectivity index (χ0n) is 28.0. The van der Waals surface area contributed by atoms with Crippen LogP contribution < -0.4 is 14.4 Å². The lowest BCUT2D eigenvalue weighted by atomic mass is 9.95. The van der Waals surface area contributed by atoms with Gasteiger partial charge in [-0.3, -0.25) is 13.9 Å². The summed E-state index contributed by atoms with van der Waals surface area (Å²) in [5.41, 5.74) is 3.11. The van der Waals surface area contributed by atoms with Crippen molar-refractivity contribution in [1.82, 2.24) is 10.2 Å². The molecule has 0 radical (unpaired) electrons. The van der Waals surface area contributed by atoms with Gasteiger partial charge < -0.3 is 15.0 Å². The summed E-state index contributed by atoms with van der Waals surface area (Å²) in [5.74, 6) is 0.493. The summed E-state index contributed by atoms with van der Waals surface area (Å²) < 4.78 is 35.6. The van der Waals surface area contributed by atoms with Gasteiger partial charge in [-0.2, -0.15) is 0 Å². The van der Waals surface area contributed by atoms with E-state index in [4.69, 9.17) is 4.74 Å². The van der Waals surface area contributed by atoms with Gasteiger partial charge in [-0.05, 0) is 87.2 Å². The Morgan fingerprint density at radius 2 is 1.48 bits per heavy atom. The average molecular weight is 668 g/mol. The minimum Gasteiger partial charge on any atom is -0.457 e. The van der Waals surface area contributed by atoms with Gasteiger partial charge in [0.15, 0.2) is 0 Å². The predicted octanol–water partition coefficient (Wildman–Crippen LogP) is 7.55. The van der Waals surface area contributed by atoms with Gasteiger partial charge in [0.05, 0.1) is 10.6 Å². The Labute approximate surface area is 284 Å². The number of para-hydroxylation sites is 1. The maximum absolute atomic E-state index is 14.5. The molecular weight excluding hydrogens is 623 g/mol. The van der Waals surface area contributed by atoms with Crippen LogP contribution in [0, 0.1) is 13.8 Å². The molecule has 0 heterocycles. The van der Waals surface area contributed by atoms with Gasteiger partial charge in [0, 0.05) is 12.6 Å². The minimum atomic E-state index is -4.18. The minimum absolute atomic E-state index is 0.0674. The van der Waals surface area contributed by atoms with Crippen molar-refractivity contribution in [2.45, 2.75) is 82.8 Å². The van der Waals surface area contributed by atoms with Crippen molar-refractivity contribution in [3.8, 4) is 11.5 Å². The van der Waals surface area contributed by atoms with Crippen molar-refractivity contribution in [2.75, 3.05) is 10.8 Å². The Morgan fingerprint density at radius 1 is 0.812 bits per heavy atom. The van der Waals surface area contributed by atoms with Crippen molar-refractivity contribution in [3.63, 3.8) is 0 Å². The van der Waals surface area contributed by atoms with Crippen LogP contribution in [0.2, 0.25) is 0 Å². The largest absolute Gasteiger partial charge is 0.457 e. The van der Waals surface area contributed by atoms with E-state index in [1.54, 1.807) is 48.5 Å². The van der Waals surface area contributed by atoms with Gasteiger partial charge in [-0.1, -0.05) is 91.9 Å². The molecule has 8 nitrogen and oxygen atoms in total. The summed E-state index contributed by atoms with van der Waals surface area (Å²) in [6.07, 6.45) is 5.50. The Morgan fingerprint density at radius 3 is 2.12 bits per heavy atom. The third-order valence-corrected chi connectivity index (χ3v) is 10.6. The lowest BCUT2D eigenvalue weighted by molar-refractivity contribution is -0.140. The Bertz CT molecular complexity index is 1770. The van der Waals surface area contributed by atoms with Crippen LogP contribution in [-0.2, 0) is 26.2 Å². The van der Waals surface area contributed by atoms with Crippen molar-refractivity contribution >= 4 is 27.5 Å². The maximum Gasteiger partial charge on any atom is 0.264 e. The molecule has 4 aromatic carbocycles. The highest BCUT2D eigenvalue weighted by molar-refractivity contribution is 7.92. The van der Waals surface area contributed by atoms with Crippen LogP contribution in [0.4, 0.5) is 5.69 Å². The number of rotatable bonds is 13. The number of benzene rings is 4. The molecule has 48 heavy (non-hydrogen) atoms. The monoisotopic (exact) mass is 667 g/mol. The topological polar surface area (TPSA) is 96.0 Å². The molecule has 252 valence electrons. The summed E-state index contributed by atoms with van der Waals surface area (Å²) in [4.78, 5) is 29.9. The standard InChI is InChI=1S/C39H45N3O5S/c1-4-37(39(44)40-32-14-7-5-8-15-32)41(27-31-13-11-12-30(3)26-31)38(43)28-42(48(45,46)36-24-18-29(2)19-25-36)33-20-22-35(23-21-33)47-34-16-9-6-10-17-34/h6,9-13,16-26,32,37H,4-5,7-8,14-15,27-28H2,1-3H3,(H,40,44)/t37-/m1/s1. The van der Waals surface area contributed by atoms with E-state index in [0.29, 0.717) is 23.6 Å². The van der Waals surface area contributed by atoms with Crippen molar-refractivity contribution in [1.29, 1.82) is 0 Å². The number of ether oxygens (including phenoxy) is 1. The lowest BCUT2D eigenvalue weighted by Gasteiger charge is -2.34. The number of carbonyl (C=O) groups excluding carboxylic acids is 2. The molecule has 1 N–H and O–H groups in total. The van der Waals surface area contributed by atoms with Crippen LogP contribution >= 0.6 is 0 Å². The highest BCUT2D eigenvalue weighted by Gasteiger charge is 2.34. The second kappa shape index (κ2) is 16.0. The van der Waals surface area contributed by atoms with Crippen LogP contribution in [-0.4, -0.2) is 43.8 Å². The highest BCUT2D eigenvalue weighted by Crippen LogP contribution is 2.29. The quantitative estimate of drug-likeness (QED) is 0.159. The highest BCUT2D eigenvalue weighted by atomic mass is 32.2. The number of hydrogen-bond acceptors (Lipinski definition) is 5. The molecule has 0 unspecified atom stereocenters. The van der Waals surface area contributed by atoms with Crippen molar-refractivity contribution < 1.29 is 22.7 Å². The molecule has 4 aromatic rings. The molecule has 9 heteroatoms. The first kappa shape index (κ1) is 34.7. The van der Waals surface area contributed by atoms with E-state index in [1.165, 1.54) is 4.90 Å². The number of hydrogen-bond donors (Lipinski definition) is 1. The average Bonchev–Trinajstić information content (AvgIpc) is 3.08. The van der Waals surface area contributed by atoms with E-state index in [2.05, 4.69) is 5.32 Å². The first-order valence-electron chi connectivity index (χ1n) is 16.7. The molecule has 1 fully saturated rings. The molecule has 5 rings (SSSR count). The number of amides is 2. The fraction of sp³-hybridized carbons (Fsp3) is 0.333. The second-order valence-electron chi connectivity index (χ2n) is 12.5. The van der Waals surface area contributed by atoms with Crippen LogP contribution in [0.5, 0.6) is 11.5 Å². The molecule has 0 aromatic heterocycles. The van der Waals surface area contributed by atoms with E-state index in [-0.39, 0.29) is 23.4 Å². The first-order chi connectivity index (χ1) is 23.1. The Balaban J connectivity index is 1.49. The normalized spacial score (nSPS) is 14.1. The molecule has 0 saturated heterocycles. The Hall–Kier alpha value is -4.63. The fourth-order valence-corrected chi connectivity index (χ4v) is 7.56. The van der Waals surface area contributed by atoms with Crippen molar-refractivity contribution in [2.24, 2.45) is 0 Å². The van der Waals surface area contributed by atoms with Crippen molar-refractivity contribution in [3.05, 3.63) is 120 Å². The SMILES string of the molecule is CC[C@H](C(=O)NC1CCCCC1)N(Cc1cccc(C)c1)C(=O)CN(c1ccc(Oc2ccccc2)cc1)S(=O)(=O)c1ccc(C)cc1. The van der Waals surface area contributed by atoms with Crippen LogP contribution in [0.1, 0.15) is 62.1 Å². The van der Waals surface area contributed by atoms with Crippen LogP contribution in [0.25, 0.3) is 0 Å². The van der Waals surface area contributed by atoms with Gasteiger partial charge in [0.2, 0.25) is 11.8 Å². The Kier molecular flexibility index (Phi) is 11.5. The van der Waals surface area contributed by atoms with Gasteiger partial charge >= 0.3 is 0 Å². The summed E-state index contributed by atoms with van der Waals surface area (Å²) in [6, 6.07) is 29.6. The summed E-state index contributed by atoms with van der Waals surface area (Å²) in [6.45, 7) is 5.42. The first-order valence-corrected chi connectivity index (χ1v) is 18.2. The van der Waals surface area contributed by atoms with Gasteiger partial charge in [0.25, 0.3) is 10.0 Å². The van der Waals surface area contributed by atoms with Crippen LogP contribution in [0.3, 0.4) is 0 Å². The third-order valence-electron chi connectivity index (χ3n) is 8.76. The molecule has 0 spiro atoms. The number of nitrogens with one attached hydrogen (secondary N) is 1. The molecular formula is C39H45N3O5S. The summed E-state index contributed by atoms with van der Waals surface area (Å²) in [5, 5.41) is 3.20. The number of anilines is 1. The molecule has 1 aliphatic rings. The predicted molar refractivity (Wildman–Crippen MR) is 189 cm³/mol. The molecule has 1 aliphatic carbocycles. The lowest BCUT2D eigenvalue weighted by Crippen LogP contribution is -2.54.